The van der Waals surface area contributed by atoms with Gasteiger partial charge in [-0.25, -0.2) is 0 Å². The Kier molecular flexibility index (Phi) is 5.20. The molecule has 2 atom stereocenters. The number of aliphatic hydroxyl groups is 1. The fraction of sp³-hybridized carbons (Fsp3) is 0.600. The molecule has 19 heavy (non-hydrogen) atoms. The van der Waals surface area contributed by atoms with Crippen LogP contribution in [0.1, 0.15) is 39.3 Å². The summed E-state index contributed by atoms with van der Waals surface area (Å²) in [6.45, 7) is 7.60. The van der Waals surface area contributed by atoms with Crippen LogP contribution in [0.4, 0.5) is 0 Å². The molecule has 0 spiro atoms. The van der Waals surface area contributed by atoms with E-state index in [4.69, 9.17) is 9.47 Å². The minimum atomic E-state index is -0.770. The maximum Gasteiger partial charge on any atom is 0.127 e. The van der Waals surface area contributed by atoms with Crippen molar-refractivity contribution in [2.24, 2.45) is 0 Å². The number of hydrogen-bond acceptors (Lipinski definition) is 4. The van der Waals surface area contributed by atoms with E-state index >= 15 is 0 Å². The van der Waals surface area contributed by atoms with Gasteiger partial charge in [-0.2, -0.15) is 0 Å². The molecule has 2 unspecified atom stereocenters. The molecule has 0 heterocycles. The first-order chi connectivity index (χ1) is 8.79. The number of ether oxygens (including phenoxy) is 2. The Bertz CT molecular complexity index is 412. The smallest absolute Gasteiger partial charge is 0.127 e. The Morgan fingerprint density at radius 3 is 2.26 bits per heavy atom. The maximum atomic E-state index is 9.98. The van der Waals surface area contributed by atoms with E-state index in [-0.39, 0.29) is 12.1 Å². The fourth-order valence-electron chi connectivity index (χ4n) is 1.84. The predicted molar refractivity (Wildman–Crippen MR) is 76.9 cm³/mol. The van der Waals surface area contributed by atoms with Crippen molar-refractivity contribution in [2.75, 3.05) is 14.2 Å². The Balaban J connectivity index is 2.90. The molecule has 0 saturated carbocycles. The van der Waals surface area contributed by atoms with Crippen LogP contribution in [0.2, 0.25) is 0 Å². The predicted octanol–water partition coefficient (Wildman–Crippen LogP) is 2.51. The van der Waals surface area contributed by atoms with Gasteiger partial charge in [0, 0.05) is 23.7 Å². The van der Waals surface area contributed by atoms with Crippen LogP contribution in [-0.4, -0.2) is 31.0 Å². The molecule has 0 radical (unpaired) electrons. The lowest BCUT2D eigenvalue weighted by Gasteiger charge is -2.30. The molecule has 0 aliphatic heterocycles. The van der Waals surface area contributed by atoms with E-state index in [1.807, 2.05) is 32.0 Å². The number of methoxy groups -OCH3 is 2. The van der Waals surface area contributed by atoms with Crippen LogP contribution < -0.4 is 14.8 Å². The third kappa shape index (κ3) is 4.11. The van der Waals surface area contributed by atoms with Crippen LogP contribution in [0.25, 0.3) is 0 Å². The quantitative estimate of drug-likeness (QED) is 0.831. The van der Waals surface area contributed by atoms with E-state index in [9.17, 15) is 5.11 Å². The van der Waals surface area contributed by atoms with Gasteiger partial charge in [0.15, 0.2) is 0 Å². The molecule has 0 saturated heterocycles. The highest BCUT2D eigenvalue weighted by Gasteiger charge is 2.24. The van der Waals surface area contributed by atoms with Crippen molar-refractivity contribution in [1.82, 2.24) is 5.32 Å². The van der Waals surface area contributed by atoms with Gasteiger partial charge in [0.25, 0.3) is 0 Å². The van der Waals surface area contributed by atoms with Crippen molar-refractivity contribution < 1.29 is 14.6 Å². The van der Waals surface area contributed by atoms with Gasteiger partial charge in [-0.15, -0.1) is 0 Å². The third-order valence-corrected chi connectivity index (χ3v) is 3.47. The highest BCUT2D eigenvalue weighted by molar-refractivity contribution is 5.42. The second kappa shape index (κ2) is 6.26. The molecule has 4 heteroatoms. The number of nitrogens with one attached hydrogen (secondary N) is 1. The minimum absolute atomic E-state index is 0.0330. The molecule has 2 N–H and O–H groups in total. The first-order valence-electron chi connectivity index (χ1n) is 6.50. The fourth-order valence-corrected chi connectivity index (χ4v) is 1.84. The highest BCUT2D eigenvalue weighted by Crippen LogP contribution is 2.30. The molecule has 0 aliphatic rings. The molecule has 0 fully saturated rings. The lowest BCUT2D eigenvalue weighted by molar-refractivity contribution is 0.0404. The summed E-state index contributed by atoms with van der Waals surface area (Å²) in [6, 6.07) is 5.79. The van der Waals surface area contributed by atoms with Gasteiger partial charge >= 0.3 is 0 Å². The average molecular weight is 267 g/mol. The van der Waals surface area contributed by atoms with Crippen molar-refractivity contribution >= 4 is 0 Å². The summed E-state index contributed by atoms with van der Waals surface area (Å²) >= 11 is 0. The monoisotopic (exact) mass is 267 g/mol. The van der Waals surface area contributed by atoms with Crippen LogP contribution in [0.3, 0.4) is 0 Å². The molecule has 0 bridgehead atoms. The molecule has 0 aliphatic carbocycles. The Hall–Kier alpha value is -1.26. The second-order valence-electron chi connectivity index (χ2n) is 5.37. The van der Waals surface area contributed by atoms with E-state index in [1.54, 1.807) is 28.1 Å². The van der Waals surface area contributed by atoms with E-state index in [2.05, 4.69) is 5.32 Å². The highest BCUT2D eigenvalue weighted by atomic mass is 16.5. The first-order valence-corrected chi connectivity index (χ1v) is 6.50. The maximum absolute atomic E-state index is 9.98. The van der Waals surface area contributed by atoms with Crippen LogP contribution in [0.15, 0.2) is 18.2 Å². The van der Waals surface area contributed by atoms with Gasteiger partial charge in [-0.3, -0.25) is 0 Å². The van der Waals surface area contributed by atoms with E-state index in [1.165, 1.54) is 0 Å². The molecular weight excluding hydrogens is 242 g/mol. The van der Waals surface area contributed by atoms with E-state index < -0.39 is 5.60 Å². The molecule has 0 aromatic heterocycles. The zero-order chi connectivity index (χ0) is 14.6. The second-order valence-corrected chi connectivity index (χ2v) is 5.37. The molecule has 0 amide bonds. The number of benzene rings is 1. The number of hydrogen-bond donors (Lipinski definition) is 2. The molecule has 1 aromatic rings. The van der Waals surface area contributed by atoms with Crippen LogP contribution in [0.5, 0.6) is 11.5 Å². The van der Waals surface area contributed by atoms with Crippen molar-refractivity contribution in [3.05, 3.63) is 23.8 Å². The molecular formula is C15H25NO3. The zero-order valence-corrected chi connectivity index (χ0v) is 12.7. The van der Waals surface area contributed by atoms with Gasteiger partial charge in [0.1, 0.15) is 11.5 Å². The average Bonchev–Trinajstić information content (AvgIpc) is 2.36. The molecule has 1 aromatic carbocycles. The summed E-state index contributed by atoms with van der Waals surface area (Å²) < 4.78 is 10.6. The largest absolute Gasteiger partial charge is 0.497 e. The van der Waals surface area contributed by atoms with E-state index in [0.29, 0.717) is 0 Å². The van der Waals surface area contributed by atoms with Crippen LogP contribution in [-0.2, 0) is 0 Å². The van der Waals surface area contributed by atoms with Crippen LogP contribution in [0, 0.1) is 0 Å². The Morgan fingerprint density at radius 2 is 1.79 bits per heavy atom. The van der Waals surface area contributed by atoms with Gasteiger partial charge in [0.05, 0.1) is 19.8 Å². The summed E-state index contributed by atoms with van der Waals surface area (Å²) in [4.78, 5) is 0. The third-order valence-electron chi connectivity index (χ3n) is 3.47. The summed E-state index contributed by atoms with van der Waals surface area (Å²) in [6.07, 6.45) is 0. The summed E-state index contributed by atoms with van der Waals surface area (Å²) in [5.74, 6) is 1.55. The topological polar surface area (TPSA) is 50.7 Å². The zero-order valence-electron chi connectivity index (χ0n) is 12.7. The summed E-state index contributed by atoms with van der Waals surface area (Å²) in [5.41, 5.74) is 0.271. The summed E-state index contributed by atoms with van der Waals surface area (Å²) in [5, 5.41) is 13.4. The van der Waals surface area contributed by atoms with Crippen LogP contribution >= 0.6 is 0 Å². The van der Waals surface area contributed by atoms with Crippen molar-refractivity contribution in [1.29, 1.82) is 0 Å². The summed E-state index contributed by atoms with van der Waals surface area (Å²) in [7, 11) is 3.27. The lowest BCUT2D eigenvalue weighted by Crippen LogP contribution is -2.45. The van der Waals surface area contributed by atoms with Crippen molar-refractivity contribution in [3.8, 4) is 11.5 Å². The molecule has 4 nitrogen and oxygen atoms in total. The first kappa shape index (κ1) is 15.8. The molecule has 1 rings (SSSR count). The Morgan fingerprint density at radius 1 is 1.16 bits per heavy atom. The minimum Gasteiger partial charge on any atom is -0.497 e. The van der Waals surface area contributed by atoms with Gasteiger partial charge in [-0.1, -0.05) is 6.07 Å². The van der Waals surface area contributed by atoms with Crippen molar-refractivity contribution in [3.63, 3.8) is 0 Å². The SMILES string of the molecule is COc1ccc(C(C)NC(C)C(C)(C)O)c(OC)c1. The van der Waals surface area contributed by atoms with Gasteiger partial charge < -0.3 is 19.9 Å². The lowest BCUT2D eigenvalue weighted by atomic mass is 9.98. The van der Waals surface area contributed by atoms with Gasteiger partial charge in [0.2, 0.25) is 0 Å². The Labute approximate surface area is 115 Å². The number of rotatable bonds is 6. The normalized spacial score (nSPS) is 14.9. The van der Waals surface area contributed by atoms with Gasteiger partial charge in [-0.05, 0) is 33.8 Å². The van der Waals surface area contributed by atoms with E-state index in [0.717, 1.165) is 17.1 Å². The standard InChI is InChI=1S/C15H25NO3/c1-10(16-11(2)15(3,4)17)13-8-7-12(18-5)9-14(13)19-6/h7-11,16-17H,1-6H3. The van der Waals surface area contributed by atoms with Crippen molar-refractivity contribution in [2.45, 2.75) is 45.4 Å². The molecule has 108 valence electrons.